The summed E-state index contributed by atoms with van der Waals surface area (Å²) in [7, 11) is 0. The highest BCUT2D eigenvalue weighted by Gasteiger charge is 2.45. The zero-order valence-electron chi connectivity index (χ0n) is 8.62. The van der Waals surface area contributed by atoms with E-state index in [1.54, 1.807) is 0 Å². The lowest BCUT2D eigenvalue weighted by Crippen LogP contribution is -2.50. The summed E-state index contributed by atoms with van der Waals surface area (Å²) in [5.41, 5.74) is 0. The predicted octanol–water partition coefficient (Wildman–Crippen LogP) is 1.26. The molecule has 4 nitrogen and oxygen atoms in total. The molecule has 0 saturated carbocycles. The van der Waals surface area contributed by atoms with Crippen molar-refractivity contribution < 1.29 is 27.9 Å². The van der Waals surface area contributed by atoms with Crippen LogP contribution in [0.2, 0.25) is 0 Å². The number of hydrogen-bond acceptors (Lipinski definition) is 2. The normalized spacial score (nSPS) is 26.6. The van der Waals surface area contributed by atoms with Crippen LogP contribution in [-0.4, -0.2) is 40.6 Å². The summed E-state index contributed by atoms with van der Waals surface area (Å²) in [6, 6.07) is -0.691. The molecule has 92 valence electrons. The fraction of sp³-hybridized carbons (Fsp3) is 0.778. The van der Waals surface area contributed by atoms with Crippen molar-refractivity contribution in [2.45, 2.75) is 32.0 Å². The Balaban J connectivity index is 2.68. The molecule has 0 aliphatic carbocycles. The Morgan fingerprint density at radius 1 is 1.38 bits per heavy atom. The molecule has 1 amide bonds. The van der Waals surface area contributed by atoms with Gasteiger partial charge in [-0.15, -0.1) is 0 Å². The minimum atomic E-state index is -4.88. The number of likely N-dealkylation sites (tertiary alicyclic amines) is 1. The monoisotopic (exact) mass is 239 g/mol. The average Bonchev–Trinajstić information content (AvgIpc) is 2.15. The van der Waals surface area contributed by atoms with Crippen molar-refractivity contribution >= 4 is 11.9 Å². The fourth-order valence-corrected chi connectivity index (χ4v) is 1.86. The van der Waals surface area contributed by atoms with Crippen LogP contribution in [0.1, 0.15) is 19.8 Å². The Kier molecular flexibility index (Phi) is 3.44. The third-order valence-electron chi connectivity index (χ3n) is 2.73. The van der Waals surface area contributed by atoms with E-state index in [2.05, 4.69) is 0 Å². The maximum Gasteiger partial charge on any atom is 0.471 e. The molecule has 0 aromatic carbocycles. The molecule has 0 radical (unpaired) electrons. The van der Waals surface area contributed by atoms with Crippen LogP contribution >= 0.6 is 0 Å². The Morgan fingerprint density at radius 2 is 1.94 bits per heavy atom. The second-order valence-corrected chi connectivity index (χ2v) is 3.90. The number of halogens is 3. The standard InChI is InChI=1S/C9H12F3NO3/c1-5-4-6(7(14)15)2-3-13(5)8(16)9(10,11)12/h5-6H,2-4H2,1H3,(H,14,15). The molecule has 2 unspecified atom stereocenters. The molecule has 1 saturated heterocycles. The van der Waals surface area contributed by atoms with E-state index in [0.717, 1.165) is 0 Å². The molecule has 0 aromatic heterocycles. The van der Waals surface area contributed by atoms with Crippen molar-refractivity contribution in [1.29, 1.82) is 0 Å². The van der Waals surface area contributed by atoms with Crippen molar-refractivity contribution in [3.8, 4) is 0 Å². The van der Waals surface area contributed by atoms with Crippen molar-refractivity contribution in [2.75, 3.05) is 6.54 Å². The van der Waals surface area contributed by atoms with E-state index < -0.39 is 30.0 Å². The minimum Gasteiger partial charge on any atom is -0.481 e. The summed E-state index contributed by atoms with van der Waals surface area (Å²) in [6.45, 7) is 1.27. The van der Waals surface area contributed by atoms with E-state index in [1.807, 2.05) is 0 Å². The SMILES string of the molecule is CC1CC(C(=O)O)CCN1C(=O)C(F)(F)F. The number of aliphatic carboxylic acids is 1. The van der Waals surface area contributed by atoms with Gasteiger partial charge in [0.2, 0.25) is 0 Å². The average molecular weight is 239 g/mol. The summed E-state index contributed by atoms with van der Waals surface area (Å²) in [4.78, 5) is 22.3. The third kappa shape index (κ3) is 2.65. The Labute approximate surface area is 90.0 Å². The number of carboxylic acids is 1. The van der Waals surface area contributed by atoms with E-state index in [-0.39, 0.29) is 19.4 Å². The molecule has 1 rings (SSSR count). The molecule has 1 aliphatic heterocycles. The largest absolute Gasteiger partial charge is 0.481 e. The first-order chi connectivity index (χ1) is 7.23. The van der Waals surface area contributed by atoms with Gasteiger partial charge in [-0.05, 0) is 19.8 Å². The number of alkyl halides is 3. The van der Waals surface area contributed by atoms with Crippen LogP contribution in [0.4, 0.5) is 13.2 Å². The number of carboxylic acid groups (broad SMARTS) is 1. The molecule has 16 heavy (non-hydrogen) atoms. The van der Waals surface area contributed by atoms with Gasteiger partial charge < -0.3 is 10.0 Å². The number of carbonyl (C=O) groups excluding carboxylic acids is 1. The second kappa shape index (κ2) is 4.31. The number of hydrogen-bond donors (Lipinski definition) is 1. The van der Waals surface area contributed by atoms with E-state index in [4.69, 9.17) is 5.11 Å². The Bertz CT molecular complexity index is 303. The molecular weight excluding hydrogens is 227 g/mol. The smallest absolute Gasteiger partial charge is 0.471 e. The molecule has 0 bridgehead atoms. The van der Waals surface area contributed by atoms with Crippen LogP contribution in [0.15, 0.2) is 0 Å². The number of nitrogens with zero attached hydrogens (tertiary/aromatic N) is 1. The highest BCUT2D eigenvalue weighted by atomic mass is 19.4. The summed E-state index contributed by atoms with van der Waals surface area (Å²) in [6.07, 6.45) is -4.75. The van der Waals surface area contributed by atoms with Gasteiger partial charge in [-0.2, -0.15) is 13.2 Å². The molecule has 0 aromatic rings. The maximum atomic E-state index is 12.2. The second-order valence-electron chi connectivity index (χ2n) is 3.90. The highest BCUT2D eigenvalue weighted by molar-refractivity contribution is 5.82. The van der Waals surface area contributed by atoms with Crippen molar-refractivity contribution in [1.82, 2.24) is 4.90 Å². The van der Waals surface area contributed by atoms with Gasteiger partial charge in [-0.25, -0.2) is 0 Å². The highest BCUT2D eigenvalue weighted by Crippen LogP contribution is 2.27. The van der Waals surface area contributed by atoms with Gasteiger partial charge in [0.15, 0.2) is 0 Å². The van der Waals surface area contributed by atoms with Crippen molar-refractivity contribution in [3.63, 3.8) is 0 Å². The van der Waals surface area contributed by atoms with Crippen LogP contribution in [0, 0.1) is 5.92 Å². The molecule has 7 heteroatoms. The lowest BCUT2D eigenvalue weighted by atomic mass is 9.91. The van der Waals surface area contributed by atoms with Crippen LogP contribution in [0.25, 0.3) is 0 Å². The van der Waals surface area contributed by atoms with Gasteiger partial charge in [0, 0.05) is 12.6 Å². The van der Waals surface area contributed by atoms with Crippen LogP contribution < -0.4 is 0 Å². The van der Waals surface area contributed by atoms with Crippen LogP contribution in [0.3, 0.4) is 0 Å². The number of piperidine rings is 1. The van der Waals surface area contributed by atoms with Gasteiger partial charge >= 0.3 is 18.1 Å². The van der Waals surface area contributed by atoms with E-state index in [9.17, 15) is 22.8 Å². The molecule has 1 aliphatic rings. The Hall–Kier alpha value is -1.27. The quantitative estimate of drug-likeness (QED) is 0.749. The molecular formula is C9H12F3NO3. The van der Waals surface area contributed by atoms with Crippen LogP contribution in [-0.2, 0) is 9.59 Å². The first-order valence-electron chi connectivity index (χ1n) is 4.84. The fourth-order valence-electron chi connectivity index (χ4n) is 1.86. The zero-order valence-corrected chi connectivity index (χ0v) is 8.62. The van der Waals surface area contributed by atoms with Gasteiger partial charge in [-0.1, -0.05) is 0 Å². The summed E-state index contributed by atoms with van der Waals surface area (Å²) in [5, 5.41) is 8.72. The number of carbonyl (C=O) groups is 2. The topological polar surface area (TPSA) is 57.6 Å². The van der Waals surface area contributed by atoms with Gasteiger partial charge in [0.1, 0.15) is 0 Å². The first-order valence-corrected chi connectivity index (χ1v) is 4.84. The van der Waals surface area contributed by atoms with E-state index in [0.29, 0.717) is 4.90 Å². The van der Waals surface area contributed by atoms with E-state index in [1.165, 1.54) is 6.92 Å². The van der Waals surface area contributed by atoms with Gasteiger partial charge in [0.25, 0.3) is 0 Å². The molecule has 1 N–H and O–H groups in total. The molecule has 2 atom stereocenters. The lowest BCUT2D eigenvalue weighted by molar-refractivity contribution is -0.189. The lowest BCUT2D eigenvalue weighted by Gasteiger charge is -2.36. The zero-order chi connectivity index (χ0) is 12.5. The van der Waals surface area contributed by atoms with Gasteiger partial charge in [0.05, 0.1) is 5.92 Å². The minimum absolute atomic E-state index is 0.0666. The van der Waals surface area contributed by atoms with Crippen LogP contribution in [0.5, 0.6) is 0 Å². The Morgan fingerprint density at radius 3 is 2.31 bits per heavy atom. The van der Waals surface area contributed by atoms with Gasteiger partial charge in [-0.3, -0.25) is 9.59 Å². The third-order valence-corrected chi connectivity index (χ3v) is 2.73. The molecule has 1 fully saturated rings. The molecule has 1 heterocycles. The van der Waals surface area contributed by atoms with E-state index >= 15 is 0 Å². The predicted molar refractivity (Wildman–Crippen MR) is 47.6 cm³/mol. The number of rotatable bonds is 1. The summed E-state index contributed by atoms with van der Waals surface area (Å²) >= 11 is 0. The first kappa shape index (κ1) is 12.8. The maximum absolute atomic E-state index is 12.2. The summed E-state index contributed by atoms with van der Waals surface area (Å²) < 4.78 is 36.5. The van der Waals surface area contributed by atoms with Crippen molar-refractivity contribution in [3.05, 3.63) is 0 Å². The molecule has 0 spiro atoms. The summed E-state index contributed by atoms with van der Waals surface area (Å²) in [5.74, 6) is -3.57. The van der Waals surface area contributed by atoms with Crippen molar-refractivity contribution in [2.24, 2.45) is 5.92 Å². The number of amides is 1.